The number of hydrogen-bond donors (Lipinski definition) is 2. The number of halogens is 4. The van der Waals surface area contributed by atoms with Crippen LogP contribution < -0.4 is 10.6 Å². The highest BCUT2D eigenvalue weighted by Crippen LogP contribution is 2.29. The summed E-state index contributed by atoms with van der Waals surface area (Å²) in [6.07, 6.45) is 0.193. The van der Waals surface area contributed by atoms with E-state index in [9.17, 15) is 27.2 Å². The van der Waals surface area contributed by atoms with Crippen LogP contribution in [0.5, 0.6) is 0 Å². The van der Waals surface area contributed by atoms with Gasteiger partial charge in [0.15, 0.2) is 23.3 Å². The summed E-state index contributed by atoms with van der Waals surface area (Å²) < 4.78 is 54.2. The Morgan fingerprint density at radius 3 is 2.19 bits per heavy atom. The fraction of sp³-hybridized carbons (Fsp3) is 0.130. The van der Waals surface area contributed by atoms with Gasteiger partial charge in [-0.15, -0.1) is 11.8 Å². The molecule has 1 atom stereocenters. The third-order valence-corrected chi connectivity index (χ3v) is 5.46. The van der Waals surface area contributed by atoms with Crippen LogP contribution in [0.3, 0.4) is 0 Å². The van der Waals surface area contributed by atoms with Crippen LogP contribution in [0.15, 0.2) is 65.6 Å². The number of anilines is 2. The Hall–Kier alpha value is -3.33. The summed E-state index contributed by atoms with van der Waals surface area (Å²) in [6, 6.07) is 15.9. The van der Waals surface area contributed by atoms with Crippen LogP contribution in [0, 0.1) is 23.3 Å². The van der Waals surface area contributed by atoms with Crippen molar-refractivity contribution in [2.75, 3.05) is 10.6 Å². The summed E-state index contributed by atoms with van der Waals surface area (Å²) in [4.78, 5) is 25.2. The van der Waals surface area contributed by atoms with Crippen molar-refractivity contribution in [2.24, 2.45) is 0 Å². The maximum absolute atomic E-state index is 13.8. The third kappa shape index (κ3) is 5.88. The Bertz CT molecular complexity index is 1120. The minimum atomic E-state index is -1.68. The van der Waals surface area contributed by atoms with Gasteiger partial charge in [0.25, 0.3) is 0 Å². The monoisotopic (exact) mass is 462 g/mol. The lowest BCUT2D eigenvalue weighted by Crippen LogP contribution is -2.24. The molecule has 3 aromatic carbocycles. The van der Waals surface area contributed by atoms with Crippen LogP contribution in [-0.2, 0) is 16.0 Å². The molecule has 0 aliphatic heterocycles. The number of benzene rings is 3. The minimum Gasteiger partial charge on any atom is -0.326 e. The molecule has 0 fully saturated rings. The van der Waals surface area contributed by atoms with E-state index in [0.717, 1.165) is 17.3 Å². The third-order valence-electron chi connectivity index (χ3n) is 4.37. The highest BCUT2D eigenvalue weighted by Gasteiger charge is 2.23. The number of carbonyl (C=O) groups is 2. The molecule has 0 saturated heterocycles. The van der Waals surface area contributed by atoms with Gasteiger partial charge in [0.1, 0.15) is 5.69 Å². The molecule has 0 bridgehead atoms. The van der Waals surface area contributed by atoms with Crippen LogP contribution in [0.25, 0.3) is 0 Å². The molecule has 0 heterocycles. The predicted molar refractivity (Wildman–Crippen MR) is 115 cm³/mol. The number of amides is 2. The molecule has 3 aromatic rings. The van der Waals surface area contributed by atoms with Crippen LogP contribution in [-0.4, -0.2) is 17.1 Å². The first-order chi connectivity index (χ1) is 15.2. The molecule has 2 N–H and O–H groups in total. The van der Waals surface area contributed by atoms with Gasteiger partial charge >= 0.3 is 0 Å². The largest absolute Gasteiger partial charge is 0.326 e. The van der Waals surface area contributed by atoms with Crippen molar-refractivity contribution in [3.05, 3.63) is 89.5 Å². The molecule has 0 saturated carbocycles. The van der Waals surface area contributed by atoms with Gasteiger partial charge in [-0.1, -0.05) is 36.4 Å². The fourth-order valence-electron chi connectivity index (χ4n) is 2.80. The molecule has 0 aliphatic carbocycles. The van der Waals surface area contributed by atoms with Crippen molar-refractivity contribution in [1.29, 1.82) is 0 Å². The molecule has 32 heavy (non-hydrogen) atoms. The van der Waals surface area contributed by atoms with Gasteiger partial charge in [-0.2, -0.15) is 0 Å². The summed E-state index contributed by atoms with van der Waals surface area (Å²) in [5.41, 5.74) is 0.184. The van der Waals surface area contributed by atoms with Crippen molar-refractivity contribution >= 4 is 35.0 Å². The zero-order valence-corrected chi connectivity index (χ0v) is 17.6. The lowest BCUT2D eigenvalue weighted by atomic mass is 10.1. The molecule has 4 nitrogen and oxygen atoms in total. The van der Waals surface area contributed by atoms with Gasteiger partial charge in [-0.25, -0.2) is 17.6 Å². The molecule has 0 radical (unpaired) electrons. The van der Waals surface area contributed by atoms with Gasteiger partial charge in [0, 0.05) is 16.6 Å². The van der Waals surface area contributed by atoms with Crippen molar-refractivity contribution in [2.45, 2.75) is 23.5 Å². The predicted octanol–water partition coefficient (Wildman–Crippen LogP) is 5.54. The molecule has 1 unspecified atom stereocenters. The molecule has 0 aliphatic rings. The normalized spacial score (nSPS) is 11.7. The quantitative estimate of drug-likeness (QED) is 0.275. The maximum Gasteiger partial charge on any atom is 0.237 e. The molecule has 166 valence electrons. The molecule has 2 amide bonds. The second-order valence-corrected chi connectivity index (χ2v) is 8.25. The van der Waals surface area contributed by atoms with E-state index in [1.165, 1.54) is 6.92 Å². The Morgan fingerprint density at radius 2 is 1.53 bits per heavy atom. The van der Waals surface area contributed by atoms with E-state index in [1.807, 2.05) is 35.6 Å². The Labute approximate surface area is 186 Å². The van der Waals surface area contributed by atoms with Crippen molar-refractivity contribution in [1.82, 2.24) is 0 Å². The second-order valence-electron chi connectivity index (χ2n) is 6.83. The van der Waals surface area contributed by atoms with Crippen LogP contribution in [0.1, 0.15) is 12.5 Å². The number of nitrogens with one attached hydrogen (secondary N) is 2. The first-order valence-corrected chi connectivity index (χ1v) is 10.4. The lowest BCUT2D eigenvalue weighted by Gasteiger charge is -2.14. The fourth-order valence-corrected chi connectivity index (χ4v) is 3.73. The van der Waals surface area contributed by atoms with Crippen LogP contribution >= 0.6 is 11.8 Å². The van der Waals surface area contributed by atoms with Gasteiger partial charge in [-0.05, 0) is 30.7 Å². The van der Waals surface area contributed by atoms with Gasteiger partial charge in [0.2, 0.25) is 11.8 Å². The van der Waals surface area contributed by atoms with Crippen molar-refractivity contribution in [3.63, 3.8) is 0 Å². The standard InChI is InChI=1S/C23H18F4N2O2S/c1-13(23(31)29-22-20(26)17(24)12-18(25)21(22)27)32-16-9-5-8-15(11-16)28-19(30)10-14-6-3-2-4-7-14/h2-9,11-13H,10H2,1H3,(H,28,30)(H,29,31). The SMILES string of the molecule is CC(Sc1cccc(NC(=O)Cc2ccccc2)c1)C(=O)Nc1c(F)c(F)cc(F)c1F. The van der Waals surface area contributed by atoms with Crippen molar-refractivity contribution < 1.29 is 27.2 Å². The topological polar surface area (TPSA) is 58.2 Å². The number of rotatable bonds is 7. The molecule has 3 rings (SSSR count). The molecule has 0 aromatic heterocycles. The lowest BCUT2D eigenvalue weighted by molar-refractivity contribution is -0.116. The highest BCUT2D eigenvalue weighted by molar-refractivity contribution is 8.00. The summed E-state index contributed by atoms with van der Waals surface area (Å²) in [5.74, 6) is -7.66. The number of carbonyl (C=O) groups excluding carboxylic acids is 2. The van der Waals surface area contributed by atoms with E-state index in [-0.39, 0.29) is 18.4 Å². The van der Waals surface area contributed by atoms with Gasteiger partial charge in [-0.3, -0.25) is 9.59 Å². The van der Waals surface area contributed by atoms with E-state index in [0.29, 0.717) is 10.6 Å². The van der Waals surface area contributed by atoms with Crippen LogP contribution in [0.4, 0.5) is 28.9 Å². The Morgan fingerprint density at radius 1 is 0.875 bits per heavy atom. The summed E-state index contributed by atoms with van der Waals surface area (Å²) in [7, 11) is 0. The molecular weight excluding hydrogens is 444 g/mol. The zero-order chi connectivity index (χ0) is 23.3. The molecule has 9 heteroatoms. The highest BCUT2D eigenvalue weighted by atomic mass is 32.2. The van der Waals surface area contributed by atoms with E-state index in [1.54, 1.807) is 24.3 Å². The van der Waals surface area contributed by atoms with Gasteiger partial charge in [0.05, 0.1) is 11.7 Å². The first-order valence-electron chi connectivity index (χ1n) is 9.49. The van der Waals surface area contributed by atoms with Crippen LogP contribution in [0.2, 0.25) is 0 Å². The van der Waals surface area contributed by atoms with E-state index in [4.69, 9.17) is 0 Å². The Balaban J connectivity index is 1.64. The van der Waals surface area contributed by atoms with Crippen molar-refractivity contribution in [3.8, 4) is 0 Å². The number of hydrogen-bond acceptors (Lipinski definition) is 3. The van der Waals surface area contributed by atoms with Gasteiger partial charge < -0.3 is 10.6 Å². The van der Waals surface area contributed by atoms with E-state index in [2.05, 4.69) is 5.32 Å². The average molecular weight is 462 g/mol. The summed E-state index contributed by atoms with van der Waals surface area (Å²) in [6.45, 7) is 1.46. The molecule has 0 spiro atoms. The smallest absolute Gasteiger partial charge is 0.237 e. The summed E-state index contributed by atoms with van der Waals surface area (Å²) >= 11 is 1.04. The second kappa shape index (κ2) is 10.3. The molecular formula is C23H18F4N2O2S. The maximum atomic E-state index is 13.8. The summed E-state index contributed by atoms with van der Waals surface area (Å²) in [5, 5.41) is 3.79. The zero-order valence-electron chi connectivity index (χ0n) is 16.8. The van der Waals surface area contributed by atoms with E-state index < -0.39 is 40.1 Å². The first kappa shape index (κ1) is 23.3. The Kier molecular flexibility index (Phi) is 7.53. The average Bonchev–Trinajstić information content (AvgIpc) is 2.76. The number of thioether (sulfide) groups is 1. The minimum absolute atomic E-state index is 0.0656. The van der Waals surface area contributed by atoms with E-state index >= 15 is 0 Å².